The number of hydrogen-bond donors (Lipinski definition) is 0. The maximum absolute atomic E-state index is 3.70. The van der Waals surface area contributed by atoms with Crippen molar-refractivity contribution in [3.63, 3.8) is 0 Å². The Bertz CT molecular complexity index is 178. The van der Waals surface area contributed by atoms with Gasteiger partial charge >= 0.3 is 0 Å². The van der Waals surface area contributed by atoms with Crippen LogP contribution in [0, 0.1) is 11.5 Å². The average Bonchev–Trinajstić information content (AvgIpc) is 1.59. The van der Waals surface area contributed by atoms with E-state index in [1.807, 2.05) is 0 Å². The lowest BCUT2D eigenvalue weighted by molar-refractivity contribution is 1.46. The SMILES string of the molecule is C=C(Br)CC#C[Si](C)(C)C. The molecule has 0 unspecified atom stereocenters. The quantitative estimate of drug-likeness (QED) is 0.467. The number of rotatable bonds is 1. The molecule has 0 amide bonds. The molecule has 0 fully saturated rings. The molecule has 0 N–H and O–H groups in total. The molecule has 0 aliphatic heterocycles. The molecule has 0 radical (unpaired) electrons. The molecule has 0 bridgehead atoms. The molecule has 0 spiro atoms. The molecule has 56 valence electrons. The van der Waals surface area contributed by atoms with Crippen molar-refractivity contribution in [2.75, 3.05) is 0 Å². The summed E-state index contributed by atoms with van der Waals surface area (Å²) in [7, 11) is -1.15. The molecule has 0 aromatic rings. The summed E-state index contributed by atoms with van der Waals surface area (Å²) in [5, 5.41) is 0. The van der Waals surface area contributed by atoms with E-state index in [1.165, 1.54) is 0 Å². The second-order valence-electron chi connectivity index (χ2n) is 3.25. The van der Waals surface area contributed by atoms with E-state index in [1.54, 1.807) is 0 Å². The molecule has 0 rings (SSSR count). The van der Waals surface area contributed by atoms with Crippen LogP contribution >= 0.6 is 15.9 Å². The van der Waals surface area contributed by atoms with Crippen LogP contribution in [0.3, 0.4) is 0 Å². The maximum Gasteiger partial charge on any atom is 0.129 e. The Hall–Kier alpha value is -0.00312. The summed E-state index contributed by atoms with van der Waals surface area (Å²) in [6.45, 7) is 10.4. The van der Waals surface area contributed by atoms with Crippen LogP contribution in [0.2, 0.25) is 19.6 Å². The smallest absolute Gasteiger partial charge is 0.129 e. The van der Waals surface area contributed by atoms with Gasteiger partial charge in [0.15, 0.2) is 0 Å². The van der Waals surface area contributed by atoms with E-state index in [-0.39, 0.29) is 0 Å². The predicted molar refractivity (Wildman–Crippen MR) is 53.8 cm³/mol. The van der Waals surface area contributed by atoms with E-state index in [9.17, 15) is 0 Å². The van der Waals surface area contributed by atoms with Gasteiger partial charge < -0.3 is 0 Å². The largest absolute Gasteiger partial charge is 0.132 e. The first-order chi connectivity index (χ1) is 4.42. The third-order valence-corrected chi connectivity index (χ3v) is 1.95. The Morgan fingerprint density at radius 2 is 2.00 bits per heavy atom. The number of allylic oxidation sites excluding steroid dienone is 1. The third-order valence-electron chi connectivity index (χ3n) is 0.744. The minimum Gasteiger partial charge on any atom is -0.132 e. The third kappa shape index (κ3) is 8.00. The first kappa shape index (κ1) is 10.00. The molecule has 0 nitrogen and oxygen atoms in total. The van der Waals surface area contributed by atoms with Crippen LogP contribution in [-0.4, -0.2) is 8.07 Å². The highest BCUT2D eigenvalue weighted by atomic mass is 79.9. The standard InChI is InChI=1S/C8H13BrSi/c1-8(9)6-5-7-10(2,3)4/h1,6H2,2-4H3. The van der Waals surface area contributed by atoms with Crippen molar-refractivity contribution in [2.45, 2.75) is 26.1 Å². The van der Waals surface area contributed by atoms with E-state index in [0.717, 1.165) is 10.9 Å². The van der Waals surface area contributed by atoms with Crippen molar-refractivity contribution in [3.8, 4) is 11.5 Å². The van der Waals surface area contributed by atoms with E-state index in [0.29, 0.717) is 0 Å². The summed E-state index contributed by atoms with van der Waals surface area (Å²) >= 11 is 3.26. The van der Waals surface area contributed by atoms with Gasteiger partial charge in [0, 0.05) is 6.42 Å². The van der Waals surface area contributed by atoms with Gasteiger partial charge in [-0.15, -0.1) is 11.5 Å². The van der Waals surface area contributed by atoms with Gasteiger partial charge in [0.1, 0.15) is 8.07 Å². The maximum atomic E-state index is 3.70. The van der Waals surface area contributed by atoms with E-state index in [4.69, 9.17) is 0 Å². The van der Waals surface area contributed by atoms with Crippen LogP contribution in [0.4, 0.5) is 0 Å². The van der Waals surface area contributed by atoms with Crippen LogP contribution in [0.15, 0.2) is 11.1 Å². The normalized spacial score (nSPS) is 10.0. The van der Waals surface area contributed by atoms with Gasteiger partial charge in [-0.3, -0.25) is 0 Å². The molecular formula is C8H13BrSi. The fourth-order valence-electron chi connectivity index (χ4n) is 0.405. The van der Waals surface area contributed by atoms with E-state index < -0.39 is 8.07 Å². The first-order valence-electron chi connectivity index (χ1n) is 3.25. The number of halogens is 1. The highest BCUT2D eigenvalue weighted by molar-refractivity contribution is 9.11. The lowest BCUT2D eigenvalue weighted by Gasteiger charge is -2.02. The molecule has 0 saturated heterocycles. The van der Waals surface area contributed by atoms with Crippen LogP contribution in [0.5, 0.6) is 0 Å². The van der Waals surface area contributed by atoms with Crippen molar-refractivity contribution >= 4 is 24.0 Å². The highest BCUT2D eigenvalue weighted by Crippen LogP contribution is 2.05. The van der Waals surface area contributed by atoms with Crippen molar-refractivity contribution in [1.82, 2.24) is 0 Å². The van der Waals surface area contributed by atoms with Gasteiger partial charge in [0.25, 0.3) is 0 Å². The second kappa shape index (κ2) is 4.00. The Morgan fingerprint density at radius 3 is 2.30 bits per heavy atom. The molecule has 10 heavy (non-hydrogen) atoms. The Kier molecular flexibility index (Phi) is 4.00. The summed E-state index contributed by atoms with van der Waals surface area (Å²) in [6, 6.07) is 0. The average molecular weight is 217 g/mol. The first-order valence-corrected chi connectivity index (χ1v) is 7.54. The van der Waals surface area contributed by atoms with E-state index >= 15 is 0 Å². The van der Waals surface area contributed by atoms with Crippen LogP contribution in [0.1, 0.15) is 6.42 Å². The zero-order valence-electron chi connectivity index (χ0n) is 6.79. The summed E-state index contributed by atoms with van der Waals surface area (Å²) in [6.07, 6.45) is 0.782. The molecule has 0 saturated carbocycles. The van der Waals surface area contributed by atoms with Crippen molar-refractivity contribution < 1.29 is 0 Å². The lowest BCUT2D eigenvalue weighted by atomic mass is 10.5. The summed E-state index contributed by atoms with van der Waals surface area (Å²) in [5.41, 5.74) is 3.25. The minimum absolute atomic E-state index is 0.782. The van der Waals surface area contributed by atoms with Gasteiger partial charge in [0.05, 0.1) is 0 Å². The number of hydrogen-bond acceptors (Lipinski definition) is 0. The molecule has 0 aromatic heterocycles. The lowest BCUT2D eigenvalue weighted by Crippen LogP contribution is -2.16. The Balaban J connectivity index is 3.82. The fraction of sp³-hybridized carbons (Fsp3) is 0.500. The fourth-order valence-corrected chi connectivity index (χ4v) is 1.16. The van der Waals surface area contributed by atoms with Crippen LogP contribution in [0.25, 0.3) is 0 Å². The van der Waals surface area contributed by atoms with Crippen LogP contribution in [-0.2, 0) is 0 Å². The Morgan fingerprint density at radius 1 is 1.50 bits per heavy atom. The minimum atomic E-state index is -1.15. The molecule has 0 aromatic carbocycles. The summed E-state index contributed by atoms with van der Waals surface area (Å²) in [4.78, 5) is 0. The topological polar surface area (TPSA) is 0 Å². The second-order valence-corrected chi connectivity index (χ2v) is 9.12. The molecule has 2 heteroatoms. The monoisotopic (exact) mass is 216 g/mol. The van der Waals surface area contributed by atoms with Crippen molar-refractivity contribution in [2.24, 2.45) is 0 Å². The van der Waals surface area contributed by atoms with Gasteiger partial charge in [0.2, 0.25) is 0 Å². The van der Waals surface area contributed by atoms with Crippen LogP contribution < -0.4 is 0 Å². The van der Waals surface area contributed by atoms with Gasteiger partial charge in [-0.25, -0.2) is 0 Å². The van der Waals surface area contributed by atoms with E-state index in [2.05, 4.69) is 53.6 Å². The zero-order valence-corrected chi connectivity index (χ0v) is 9.38. The van der Waals surface area contributed by atoms with Gasteiger partial charge in [-0.2, -0.15) is 0 Å². The molecule has 0 aliphatic carbocycles. The van der Waals surface area contributed by atoms with Crippen molar-refractivity contribution in [3.05, 3.63) is 11.1 Å². The molecule has 0 atom stereocenters. The Labute approximate surface area is 72.9 Å². The molecule has 0 aliphatic rings. The highest BCUT2D eigenvalue weighted by Gasteiger charge is 2.06. The molecular weight excluding hydrogens is 204 g/mol. The van der Waals surface area contributed by atoms with Crippen molar-refractivity contribution in [1.29, 1.82) is 0 Å². The summed E-state index contributed by atoms with van der Waals surface area (Å²) in [5.74, 6) is 3.09. The molecule has 0 heterocycles. The van der Waals surface area contributed by atoms with Gasteiger partial charge in [-0.05, 0) is 4.48 Å². The summed E-state index contributed by atoms with van der Waals surface area (Å²) < 4.78 is 0.971. The zero-order chi connectivity index (χ0) is 8.20. The predicted octanol–water partition coefficient (Wildman–Crippen LogP) is 3.17. The van der Waals surface area contributed by atoms with Gasteiger partial charge in [-0.1, -0.05) is 42.1 Å².